The molecule has 0 heterocycles. The summed E-state index contributed by atoms with van der Waals surface area (Å²) in [5.41, 5.74) is 6.17. The molecule has 0 saturated heterocycles. The van der Waals surface area contributed by atoms with E-state index in [9.17, 15) is 14.4 Å². The van der Waals surface area contributed by atoms with Crippen molar-refractivity contribution in [1.82, 2.24) is 5.32 Å². The zero-order chi connectivity index (χ0) is 15.3. The molecule has 1 aromatic rings. The molecule has 0 unspecified atom stereocenters. The first kappa shape index (κ1) is 15.7. The Morgan fingerprint density at radius 1 is 1.15 bits per heavy atom. The SMILES string of the molecule is CC(C)(C)c1ccc(C(=O)OCC(=O)NC(N)=O)cc1. The van der Waals surface area contributed by atoms with Gasteiger partial charge in [0, 0.05) is 0 Å². The second kappa shape index (κ2) is 6.18. The van der Waals surface area contributed by atoms with Gasteiger partial charge in [-0.1, -0.05) is 32.9 Å². The molecule has 3 amide bonds. The maximum atomic E-state index is 11.7. The number of imide groups is 1. The number of hydrogen-bond donors (Lipinski definition) is 2. The number of carbonyl (C=O) groups is 3. The third kappa shape index (κ3) is 4.72. The van der Waals surface area contributed by atoms with Crippen LogP contribution in [-0.4, -0.2) is 24.5 Å². The zero-order valence-electron chi connectivity index (χ0n) is 11.7. The minimum Gasteiger partial charge on any atom is -0.452 e. The van der Waals surface area contributed by atoms with Crippen LogP contribution in [0.4, 0.5) is 4.79 Å². The third-order valence-corrected chi connectivity index (χ3v) is 2.58. The highest BCUT2D eigenvalue weighted by molar-refractivity contribution is 5.96. The van der Waals surface area contributed by atoms with Crippen molar-refractivity contribution < 1.29 is 19.1 Å². The monoisotopic (exact) mass is 278 g/mol. The van der Waals surface area contributed by atoms with Crippen molar-refractivity contribution in [3.05, 3.63) is 35.4 Å². The number of benzene rings is 1. The molecule has 1 rings (SSSR count). The van der Waals surface area contributed by atoms with E-state index in [1.54, 1.807) is 17.4 Å². The zero-order valence-corrected chi connectivity index (χ0v) is 11.7. The van der Waals surface area contributed by atoms with Gasteiger partial charge >= 0.3 is 12.0 Å². The molecule has 0 aliphatic carbocycles. The van der Waals surface area contributed by atoms with Crippen LogP contribution in [-0.2, 0) is 14.9 Å². The number of rotatable bonds is 3. The van der Waals surface area contributed by atoms with Gasteiger partial charge in [-0.15, -0.1) is 0 Å². The second-order valence-corrected chi connectivity index (χ2v) is 5.32. The number of primary amides is 1. The van der Waals surface area contributed by atoms with Crippen LogP contribution in [0.15, 0.2) is 24.3 Å². The molecule has 6 heteroatoms. The van der Waals surface area contributed by atoms with Gasteiger partial charge in [-0.25, -0.2) is 9.59 Å². The molecule has 0 spiro atoms. The van der Waals surface area contributed by atoms with Crippen LogP contribution in [0.3, 0.4) is 0 Å². The molecule has 0 aliphatic rings. The molecule has 0 aromatic heterocycles. The summed E-state index contributed by atoms with van der Waals surface area (Å²) in [4.78, 5) is 33.2. The fraction of sp³-hybridized carbons (Fsp3) is 0.357. The predicted octanol–water partition coefficient (Wildman–Crippen LogP) is 1.34. The van der Waals surface area contributed by atoms with Crippen molar-refractivity contribution in [3.8, 4) is 0 Å². The number of nitrogens with one attached hydrogen (secondary N) is 1. The molecule has 1 aromatic carbocycles. The number of urea groups is 1. The summed E-state index contributed by atoms with van der Waals surface area (Å²) in [6.07, 6.45) is 0. The van der Waals surface area contributed by atoms with Gasteiger partial charge in [0.05, 0.1) is 5.56 Å². The van der Waals surface area contributed by atoms with Crippen molar-refractivity contribution in [3.63, 3.8) is 0 Å². The Hall–Kier alpha value is -2.37. The van der Waals surface area contributed by atoms with Crippen molar-refractivity contribution in [2.45, 2.75) is 26.2 Å². The van der Waals surface area contributed by atoms with Crippen molar-refractivity contribution in [1.29, 1.82) is 0 Å². The molecular weight excluding hydrogens is 260 g/mol. The lowest BCUT2D eigenvalue weighted by Gasteiger charge is -2.18. The maximum absolute atomic E-state index is 11.7. The smallest absolute Gasteiger partial charge is 0.338 e. The third-order valence-electron chi connectivity index (χ3n) is 2.58. The van der Waals surface area contributed by atoms with Gasteiger partial charge in [-0.2, -0.15) is 0 Å². The molecule has 6 nitrogen and oxygen atoms in total. The highest BCUT2D eigenvalue weighted by Crippen LogP contribution is 2.22. The summed E-state index contributed by atoms with van der Waals surface area (Å²) in [5, 5.41) is 1.80. The number of hydrogen-bond acceptors (Lipinski definition) is 4. The van der Waals surface area contributed by atoms with Gasteiger partial charge < -0.3 is 10.5 Å². The van der Waals surface area contributed by atoms with Crippen molar-refractivity contribution >= 4 is 17.9 Å². The van der Waals surface area contributed by atoms with Crippen LogP contribution < -0.4 is 11.1 Å². The fourth-order valence-corrected chi connectivity index (χ4v) is 1.49. The van der Waals surface area contributed by atoms with E-state index in [1.165, 1.54) is 0 Å². The first-order valence-electron chi connectivity index (χ1n) is 6.07. The van der Waals surface area contributed by atoms with Gasteiger partial charge in [0.1, 0.15) is 0 Å². The number of amides is 3. The highest BCUT2D eigenvalue weighted by Gasteiger charge is 2.15. The summed E-state index contributed by atoms with van der Waals surface area (Å²) in [5.74, 6) is -1.40. The van der Waals surface area contributed by atoms with E-state index >= 15 is 0 Å². The quantitative estimate of drug-likeness (QED) is 0.815. The van der Waals surface area contributed by atoms with E-state index in [1.807, 2.05) is 12.1 Å². The Labute approximate surface area is 117 Å². The number of esters is 1. The Morgan fingerprint density at radius 3 is 2.15 bits per heavy atom. The molecular formula is C14H18N2O4. The van der Waals surface area contributed by atoms with Gasteiger partial charge in [0.15, 0.2) is 6.61 Å². The minimum atomic E-state index is -0.986. The molecule has 0 bridgehead atoms. The van der Waals surface area contributed by atoms with E-state index in [-0.39, 0.29) is 5.41 Å². The molecule has 0 saturated carbocycles. The van der Waals surface area contributed by atoms with Gasteiger partial charge in [-0.05, 0) is 23.1 Å². The molecule has 0 atom stereocenters. The average Bonchev–Trinajstić information content (AvgIpc) is 2.34. The Bertz CT molecular complexity index is 515. The van der Waals surface area contributed by atoms with Crippen molar-refractivity contribution in [2.24, 2.45) is 5.73 Å². The summed E-state index contributed by atoms with van der Waals surface area (Å²) in [6, 6.07) is 5.95. The highest BCUT2D eigenvalue weighted by atomic mass is 16.5. The topological polar surface area (TPSA) is 98.5 Å². The van der Waals surface area contributed by atoms with Gasteiger partial charge in [0.2, 0.25) is 0 Å². The summed E-state index contributed by atoms with van der Waals surface area (Å²) < 4.78 is 4.76. The second-order valence-electron chi connectivity index (χ2n) is 5.32. The van der Waals surface area contributed by atoms with E-state index in [0.717, 1.165) is 5.56 Å². The Morgan fingerprint density at radius 2 is 1.70 bits per heavy atom. The Kier molecular flexibility index (Phi) is 4.85. The minimum absolute atomic E-state index is 0.0101. The lowest BCUT2D eigenvalue weighted by Crippen LogP contribution is -2.37. The summed E-state index contributed by atoms with van der Waals surface area (Å²) >= 11 is 0. The lowest BCUT2D eigenvalue weighted by atomic mass is 9.87. The summed E-state index contributed by atoms with van der Waals surface area (Å²) in [6.45, 7) is 5.64. The van der Waals surface area contributed by atoms with E-state index in [2.05, 4.69) is 20.8 Å². The molecule has 108 valence electrons. The van der Waals surface area contributed by atoms with Gasteiger partial charge in [0.25, 0.3) is 5.91 Å². The Balaban J connectivity index is 2.60. The van der Waals surface area contributed by atoms with Crippen LogP contribution in [0.2, 0.25) is 0 Å². The standard InChI is InChI=1S/C14H18N2O4/c1-14(2,3)10-6-4-9(5-7-10)12(18)20-8-11(17)16-13(15)19/h4-7H,8H2,1-3H3,(H3,15,16,17,19). The lowest BCUT2D eigenvalue weighted by molar-refractivity contribution is -0.123. The molecule has 0 fully saturated rings. The molecule has 0 radical (unpaired) electrons. The van der Waals surface area contributed by atoms with Crippen LogP contribution in [0.25, 0.3) is 0 Å². The average molecular weight is 278 g/mol. The number of ether oxygens (including phenoxy) is 1. The molecule has 3 N–H and O–H groups in total. The normalized spacial score (nSPS) is 10.8. The van der Waals surface area contributed by atoms with E-state index in [0.29, 0.717) is 5.56 Å². The largest absolute Gasteiger partial charge is 0.452 e. The molecule has 0 aliphatic heterocycles. The van der Waals surface area contributed by atoms with Crippen molar-refractivity contribution in [2.75, 3.05) is 6.61 Å². The number of nitrogens with two attached hydrogens (primary N) is 1. The van der Waals surface area contributed by atoms with Gasteiger partial charge in [-0.3, -0.25) is 10.1 Å². The van der Waals surface area contributed by atoms with Crippen LogP contribution in [0, 0.1) is 0 Å². The first-order valence-corrected chi connectivity index (χ1v) is 6.07. The molecule has 20 heavy (non-hydrogen) atoms. The van der Waals surface area contributed by atoms with E-state index < -0.39 is 24.5 Å². The van der Waals surface area contributed by atoms with Crippen LogP contribution in [0.5, 0.6) is 0 Å². The summed E-state index contributed by atoms with van der Waals surface area (Å²) in [7, 11) is 0. The first-order chi connectivity index (χ1) is 9.20. The maximum Gasteiger partial charge on any atom is 0.338 e. The van der Waals surface area contributed by atoms with Crippen LogP contribution >= 0.6 is 0 Å². The number of carbonyl (C=O) groups excluding carboxylic acids is 3. The van der Waals surface area contributed by atoms with Crippen LogP contribution in [0.1, 0.15) is 36.7 Å². The predicted molar refractivity (Wildman–Crippen MR) is 73.2 cm³/mol. The van der Waals surface area contributed by atoms with E-state index in [4.69, 9.17) is 10.5 Å². The fourth-order valence-electron chi connectivity index (χ4n) is 1.49.